The van der Waals surface area contributed by atoms with Crippen molar-refractivity contribution in [3.63, 3.8) is 0 Å². The van der Waals surface area contributed by atoms with E-state index in [1.807, 2.05) is 6.07 Å². The SMILES string of the molecule is [N-]=[N+]=NCCCOCCCc1ccc[n+](-c2ccc([N+](=O)[O-])cc2[N+](=O)[O-])c1. The van der Waals surface area contributed by atoms with Crippen molar-refractivity contribution >= 4 is 11.4 Å². The second-order valence-electron chi connectivity index (χ2n) is 5.83. The zero-order valence-electron chi connectivity index (χ0n) is 15.0. The van der Waals surface area contributed by atoms with E-state index >= 15 is 0 Å². The van der Waals surface area contributed by atoms with Gasteiger partial charge in [0.25, 0.3) is 11.4 Å². The minimum absolute atomic E-state index is 0.256. The topological polar surface area (TPSA) is 148 Å². The Morgan fingerprint density at radius 2 is 1.93 bits per heavy atom. The Morgan fingerprint density at radius 3 is 2.64 bits per heavy atom. The van der Waals surface area contributed by atoms with Crippen molar-refractivity contribution < 1.29 is 19.2 Å². The Kier molecular flexibility index (Phi) is 7.82. The molecule has 1 aromatic carbocycles. The first kappa shape index (κ1) is 20.7. The first-order valence-corrected chi connectivity index (χ1v) is 8.55. The number of non-ortho nitro benzene ring substituents is 1. The van der Waals surface area contributed by atoms with Crippen molar-refractivity contribution in [2.75, 3.05) is 19.8 Å². The standard InChI is InChI=1S/C17H19N6O5/c18-20-19-8-3-11-28-10-2-5-14-4-1-9-21(13-14)16-7-6-15(22(24)25)12-17(16)23(26)27/h1,4,6-7,9,12-13H,2-3,5,8,10-11H2/q+1. The van der Waals surface area contributed by atoms with Crippen molar-refractivity contribution in [2.45, 2.75) is 19.3 Å². The minimum atomic E-state index is -0.662. The number of hydrogen-bond acceptors (Lipinski definition) is 6. The van der Waals surface area contributed by atoms with Crippen molar-refractivity contribution in [1.29, 1.82) is 0 Å². The number of nitrogens with zero attached hydrogens (tertiary/aromatic N) is 6. The summed E-state index contributed by atoms with van der Waals surface area (Å²) >= 11 is 0. The Morgan fingerprint density at radius 1 is 1.14 bits per heavy atom. The fourth-order valence-electron chi connectivity index (χ4n) is 2.57. The predicted molar refractivity (Wildman–Crippen MR) is 99.1 cm³/mol. The molecular weight excluding hydrogens is 368 g/mol. The normalized spacial score (nSPS) is 10.3. The quantitative estimate of drug-likeness (QED) is 0.110. The highest BCUT2D eigenvalue weighted by molar-refractivity contribution is 5.53. The highest BCUT2D eigenvalue weighted by atomic mass is 16.6. The van der Waals surface area contributed by atoms with Gasteiger partial charge in [0.1, 0.15) is 6.07 Å². The highest BCUT2D eigenvalue weighted by Gasteiger charge is 2.26. The van der Waals surface area contributed by atoms with E-state index in [1.54, 1.807) is 23.0 Å². The Balaban J connectivity index is 2.02. The molecule has 28 heavy (non-hydrogen) atoms. The second kappa shape index (κ2) is 10.6. The lowest BCUT2D eigenvalue weighted by Gasteiger charge is -2.04. The van der Waals surface area contributed by atoms with Gasteiger partial charge in [0.2, 0.25) is 0 Å². The van der Waals surface area contributed by atoms with Crippen LogP contribution < -0.4 is 4.57 Å². The van der Waals surface area contributed by atoms with Crippen LogP contribution in [0.2, 0.25) is 0 Å². The largest absolute Gasteiger partial charge is 0.381 e. The summed E-state index contributed by atoms with van der Waals surface area (Å²) in [6.07, 6.45) is 5.55. The number of hydrogen-bond donors (Lipinski definition) is 0. The van der Waals surface area contributed by atoms with E-state index in [0.717, 1.165) is 18.1 Å². The van der Waals surface area contributed by atoms with Crippen molar-refractivity contribution in [1.82, 2.24) is 0 Å². The molecule has 2 rings (SSSR count). The Bertz CT molecular complexity index is 897. The van der Waals surface area contributed by atoms with Gasteiger partial charge in [-0.3, -0.25) is 20.2 Å². The molecule has 0 atom stereocenters. The molecule has 0 aliphatic rings. The van der Waals surface area contributed by atoms with Crippen molar-refractivity contribution in [2.24, 2.45) is 5.11 Å². The first-order valence-electron chi connectivity index (χ1n) is 8.55. The molecular formula is C17H19N6O5+. The molecule has 0 fully saturated rings. The van der Waals surface area contributed by atoms with Crippen LogP contribution in [0, 0.1) is 20.2 Å². The van der Waals surface area contributed by atoms with Gasteiger partial charge in [-0.15, -0.1) is 0 Å². The van der Waals surface area contributed by atoms with Crippen LogP contribution in [-0.4, -0.2) is 29.6 Å². The van der Waals surface area contributed by atoms with Crippen LogP contribution in [0.1, 0.15) is 18.4 Å². The molecule has 0 saturated carbocycles. The maximum absolute atomic E-state index is 11.3. The van der Waals surface area contributed by atoms with Crippen LogP contribution in [0.15, 0.2) is 47.8 Å². The molecule has 1 heterocycles. The molecule has 0 amide bonds. The van der Waals surface area contributed by atoms with Gasteiger partial charge < -0.3 is 4.74 Å². The van der Waals surface area contributed by atoms with Gasteiger partial charge in [-0.1, -0.05) is 5.11 Å². The van der Waals surface area contributed by atoms with E-state index in [9.17, 15) is 20.2 Å². The Hall–Kier alpha value is -3.56. The number of benzene rings is 1. The average molecular weight is 387 g/mol. The molecule has 0 saturated heterocycles. The van der Waals surface area contributed by atoms with E-state index < -0.39 is 9.85 Å². The number of nitro groups is 2. The molecule has 0 radical (unpaired) electrons. The lowest BCUT2D eigenvalue weighted by Crippen LogP contribution is -2.31. The number of nitro benzene ring substituents is 2. The monoisotopic (exact) mass is 387 g/mol. The molecule has 146 valence electrons. The molecule has 0 aliphatic heterocycles. The molecule has 2 aromatic rings. The second-order valence-corrected chi connectivity index (χ2v) is 5.83. The summed E-state index contributed by atoms with van der Waals surface area (Å²) in [7, 11) is 0. The summed E-state index contributed by atoms with van der Waals surface area (Å²) < 4.78 is 7.04. The lowest BCUT2D eigenvalue weighted by atomic mass is 10.1. The number of aromatic nitrogens is 1. The number of azide groups is 1. The third kappa shape index (κ3) is 6.01. The van der Waals surface area contributed by atoms with E-state index in [2.05, 4.69) is 10.0 Å². The Labute approximate surface area is 160 Å². The summed E-state index contributed by atoms with van der Waals surface area (Å²) in [5.41, 5.74) is 8.72. The number of rotatable bonds is 11. The maximum Gasteiger partial charge on any atom is 0.347 e. The van der Waals surface area contributed by atoms with Gasteiger partial charge in [-0.2, -0.15) is 4.57 Å². The van der Waals surface area contributed by atoms with Gasteiger partial charge in [-0.05, 0) is 30.9 Å². The average Bonchev–Trinajstić information content (AvgIpc) is 2.69. The molecule has 0 unspecified atom stereocenters. The van der Waals surface area contributed by atoms with Gasteiger partial charge in [-0.25, -0.2) is 0 Å². The fourth-order valence-corrected chi connectivity index (χ4v) is 2.57. The number of aryl methyl sites for hydroxylation is 1. The summed E-state index contributed by atoms with van der Waals surface area (Å²) in [4.78, 5) is 23.6. The van der Waals surface area contributed by atoms with Crippen molar-refractivity contribution in [3.8, 4) is 5.69 Å². The molecule has 11 nitrogen and oxygen atoms in total. The number of pyridine rings is 1. The minimum Gasteiger partial charge on any atom is -0.381 e. The molecule has 0 bridgehead atoms. The van der Waals surface area contributed by atoms with Gasteiger partial charge >= 0.3 is 5.69 Å². The van der Waals surface area contributed by atoms with E-state index in [0.29, 0.717) is 32.6 Å². The molecule has 0 aliphatic carbocycles. The van der Waals surface area contributed by atoms with Crippen LogP contribution in [0.5, 0.6) is 0 Å². The van der Waals surface area contributed by atoms with Gasteiger partial charge in [0, 0.05) is 48.4 Å². The molecule has 11 heteroatoms. The summed E-state index contributed by atoms with van der Waals surface area (Å²) in [6.45, 7) is 1.47. The summed E-state index contributed by atoms with van der Waals surface area (Å²) in [5, 5.41) is 25.6. The first-order chi connectivity index (χ1) is 13.5. The molecule has 0 N–H and O–H groups in total. The number of ether oxygens (including phenoxy) is 1. The third-order valence-electron chi connectivity index (χ3n) is 3.87. The van der Waals surface area contributed by atoms with Crippen LogP contribution in [-0.2, 0) is 11.2 Å². The zero-order chi connectivity index (χ0) is 20.4. The fraction of sp³-hybridized carbons (Fsp3) is 0.353. The summed E-state index contributed by atoms with van der Waals surface area (Å²) in [5.74, 6) is 0. The van der Waals surface area contributed by atoms with Crippen LogP contribution >= 0.6 is 0 Å². The van der Waals surface area contributed by atoms with E-state index in [-0.39, 0.29) is 17.1 Å². The van der Waals surface area contributed by atoms with Crippen LogP contribution in [0.3, 0.4) is 0 Å². The van der Waals surface area contributed by atoms with Gasteiger partial charge in [0.15, 0.2) is 12.4 Å². The van der Waals surface area contributed by atoms with Crippen LogP contribution in [0.4, 0.5) is 11.4 Å². The van der Waals surface area contributed by atoms with Crippen molar-refractivity contribution in [3.05, 3.63) is 79.0 Å². The lowest BCUT2D eigenvalue weighted by molar-refractivity contribution is -0.601. The van der Waals surface area contributed by atoms with Gasteiger partial charge in [0.05, 0.1) is 9.85 Å². The highest BCUT2D eigenvalue weighted by Crippen LogP contribution is 2.24. The predicted octanol–water partition coefficient (Wildman–Crippen LogP) is 3.43. The zero-order valence-corrected chi connectivity index (χ0v) is 15.0. The van der Waals surface area contributed by atoms with E-state index in [4.69, 9.17) is 10.3 Å². The van der Waals surface area contributed by atoms with E-state index in [1.165, 1.54) is 12.1 Å². The smallest absolute Gasteiger partial charge is 0.347 e. The molecule has 0 spiro atoms. The van der Waals surface area contributed by atoms with Crippen LogP contribution in [0.25, 0.3) is 16.1 Å². The third-order valence-corrected chi connectivity index (χ3v) is 3.87. The summed E-state index contributed by atoms with van der Waals surface area (Å²) in [6, 6.07) is 7.23. The maximum atomic E-state index is 11.3. The molecule has 1 aromatic heterocycles.